The molecule has 1 atom stereocenters. The molecule has 1 heterocycles. The molecule has 0 bridgehead atoms. The lowest BCUT2D eigenvalue weighted by Crippen LogP contribution is -2.42. The maximum atomic E-state index is 12.8. The van der Waals surface area contributed by atoms with Crippen molar-refractivity contribution in [2.45, 2.75) is 38.5 Å². The fourth-order valence-corrected chi connectivity index (χ4v) is 2.59. The van der Waals surface area contributed by atoms with Gasteiger partial charge in [-0.1, -0.05) is 12.1 Å². The number of amides is 2. The largest absolute Gasteiger partial charge is 0.416 e. The first kappa shape index (κ1) is 16.3. The smallest absolute Gasteiger partial charge is 0.350 e. The predicted molar refractivity (Wildman–Crippen MR) is 73.8 cm³/mol. The van der Waals surface area contributed by atoms with Crippen LogP contribution in [0.3, 0.4) is 0 Å². The van der Waals surface area contributed by atoms with E-state index in [4.69, 9.17) is 0 Å². The summed E-state index contributed by atoms with van der Waals surface area (Å²) in [6.45, 7) is 1.39. The van der Waals surface area contributed by atoms with Gasteiger partial charge in [0.25, 0.3) is 0 Å². The lowest BCUT2D eigenvalue weighted by atomic mass is 10.0. The van der Waals surface area contributed by atoms with Gasteiger partial charge in [-0.15, -0.1) is 0 Å². The highest BCUT2D eigenvalue weighted by molar-refractivity contribution is 5.90. The summed E-state index contributed by atoms with van der Waals surface area (Å²) >= 11 is 0. The number of nitrogens with zero attached hydrogens (tertiary/aromatic N) is 1. The van der Waals surface area contributed by atoms with Gasteiger partial charge in [0.2, 0.25) is 11.8 Å². The van der Waals surface area contributed by atoms with Gasteiger partial charge < -0.3 is 10.2 Å². The van der Waals surface area contributed by atoms with Crippen LogP contribution in [-0.4, -0.2) is 29.8 Å². The van der Waals surface area contributed by atoms with Gasteiger partial charge in [-0.25, -0.2) is 0 Å². The van der Waals surface area contributed by atoms with Crippen molar-refractivity contribution in [3.63, 3.8) is 0 Å². The molecular formula is C15H17F3N2O2. The molecule has 1 aliphatic heterocycles. The minimum Gasteiger partial charge on any atom is -0.350 e. The fraction of sp³-hybridized carbons (Fsp3) is 0.467. The maximum absolute atomic E-state index is 12.8. The molecule has 0 spiro atoms. The summed E-state index contributed by atoms with van der Waals surface area (Å²) in [6, 6.07) is 3.35. The quantitative estimate of drug-likeness (QED) is 0.930. The maximum Gasteiger partial charge on any atom is 0.416 e. The van der Waals surface area contributed by atoms with E-state index in [-0.39, 0.29) is 23.9 Å². The molecule has 0 unspecified atom stereocenters. The molecule has 120 valence electrons. The Morgan fingerprint density at radius 3 is 2.64 bits per heavy atom. The summed E-state index contributed by atoms with van der Waals surface area (Å²) in [7, 11) is 1.55. The normalized spacial score (nSPS) is 18.7. The van der Waals surface area contributed by atoms with E-state index >= 15 is 0 Å². The van der Waals surface area contributed by atoms with Crippen molar-refractivity contribution in [1.82, 2.24) is 10.2 Å². The van der Waals surface area contributed by atoms with E-state index in [1.54, 1.807) is 13.1 Å². The van der Waals surface area contributed by atoms with E-state index in [0.717, 1.165) is 6.07 Å². The third kappa shape index (κ3) is 3.23. The van der Waals surface area contributed by atoms with Crippen LogP contribution in [0, 0.1) is 6.92 Å². The van der Waals surface area contributed by atoms with Crippen molar-refractivity contribution >= 4 is 11.8 Å². The van der Waals surface area contributed by atoms with Crippen LogP contribution in [0.4, 0.5) is 13.2 Å². The summed E-state index contributed by atoms with van der Waals surface area (Å²) in [5.74, 6) is -0.444. The van der Waals surface area contributed by atoms with Gasteiger partial charge in [0.15, 0.2) is 0 Å². The van der Waals surface area contributed by atoms with E-state index in [1.165, 1.54) is 17.9 Å². The number of likely N-dealkylation sites (N-methyl/N-ethyl adjacent to an activating group) is 1. The van der Waals surface area contributed by atoms with Gasteiger partial charge in [0.1, 0.15) is 6.04 Å². The van der Waals surface area contributed by atoms with Crippen molar-refractivity contribution < 1.29 is 22.8 Å². The van der Waals surface area contributed by atoms with Gasteiger partial charge >= 0.3 is 6.18 Å². The molecule has 0 saturated carbocycles. The first-order chi connectivity index (χ1) is 10.2. The first-order valence-electron chi connectivity index (χ1n) is 6.91. The lowest BCUT2D eigenvalue weighted by Gasteiger charge is -2.20. The average molecular weight is 314 g/mol. The third-order valence-corrected chi connectivity index (χ3v) is 4.00. The Bertz CT molecular complexity index is 599. The number of hydrogen-bond acceptors (Lipinski definition) is 2. The average Bonchev–Trinajstić information content (AvgIpc) is 2.76. The number of carbonyl (C=O) groups excluding carboxylic acids is 2. The number of rotatable bonds is 3. The van der Waals surface area contributed by atoms with Crippen LogP contribution >= 0.6 is 0 Å². The predicted octanol–water partition coefficient (Wildman–Crippen LogP) is 2.25. The summed E-state index contributed by atoms with van der Waals surface area (Å²) in [6.07, 6.45) is -3.66. The molecule has 1 N–H and O–H groups in total. The Kier molecular flexibility index (Phi) is 4.44. The summed E-state index contributed by atoms with van der Waals surface area (Å²) in [5.41, 5.74) is -0.186. The van der Waals surface area contributed by atoms with Gasteiger partial charge in [-0.2, -0.15) is 13.2 Å². The minimum atomic E-state index is -4.41. The molecule has 0 aliphatic carbocycles. The second-order valence-electron chi connectivity index (χ2n) is 5.36. The van der Waals surface area contributed by atoms with Crippen molar-refractivity contribution in [3.8, 4) is 0 Å². The van der Waals surface area contributed by atoms with Crippen LogP contribution in [0.2, 0.25) is 0 Å². The molecule has 1 saturated heterocycles. The molecule has 1 aromatic carbocycles. The molecule has 0 aromatic heterocycles. The van der Waals surface area contributed by atoms with E-state index < -0.39 is 17.8 Å². The molecule has 1 fully saturated rings. The molecule has 22 heavy (non-hydrogen) atoms. The molecule has 2 amide bonds. The van der Waals surface area contributed by atoms with Gasteiger partial charge in [0.05, 0.1) is 5.56 Å². The van der Waals surface area contributed by atoms with Gasteiger partial charge in [-0.3, -0.25) is 9.59 Å². The number of alkyl halides is 3. The topological polar surface area (TPSA) is 49.4 Å². The summed E-state index contributed by atoms with van der Waals surface area (Å²) < 4.78 is 38.5. The third-order valence-electron chi connectivity index (χ3n) is 4.00. The number of nitrogens with one attached hydrogen (secondary N) is 1. The number of likely N-dealkylation sites (tertiary alicyclic amines) is 1. The molecule has 1 aromatic rings. The van der Waals surface area contributed by atoms with Crippen LogP contribution in [0.15, 0.2) is 18.2 Å². The number of benzene rings is 1. The fourth-order valence-electron chi connectivity index (χ4n) is 2.59. The zero-order chi connectivity index (χ0) is 16.5. The number of carbonyl (C=O) groups is 2. The van der Waals surface area contributed by atoms with E-state index in [2.05, 4.69) is 5.32 Å². The van der Waals surface area contributed by atoms with E-state index in [1.807, 2.05) is 0 Å². The van der Waals surface area contributed by atoms with Crippen molar-refractivity contribution in [2.75, 3.05) is 7.05 Å². The highest BCUT2D eigenvalue weighted by Crippen LogP contribution is 2.32. The van der Waals surface area contributed by atoms with E-state index in [9.17, 15) is 22.8 Å². The Hall–Kier alpha value is -2.05. The van der Waals surface area contributed by atoms with Crippen LogP contribution < -0.4 is 5.32 Å². The van der Waals surface area contributed by atoms with Crippen LogP contribution in [0.5, 0.6) is 0 Å². The Balaban J connectivity index is 2.06. The molecule has 0 radical (unpaired) electrons. The van der Waals surface area contributed by atoms with Gasteiger partial charge in [-0.05, 0) is 30.5 Å². The Morgan fingerprint density at radius 2 is 2.09 bits per heavy atom. The van der Waals surface area contributed by atoms with E-state index in [0.29, 0.717) is 18.4 Å². The first-order valence-corrected chi connectivity index (χ1v) is 6.91. The second kappa shape index (κ2) is 5.98. The molecule has 4 nitrogen and oxygen atoms in total. The van der Waals surface area contributed by atoms with Gasteiger partial charge in [0, 0.05) is 20.0 Å². The van der Waals surface area contributed by atoms with Crippen LogP contribution in [0.25, 0.3) is 0 Å². The highest BCUT2D eigenvalue weighted by atomic mass is 19.4. The molecule has 7 heteroatoms. The summed E-state index contributed by atoms with van der Waals surface area (Å²) in [4.78, 5) is 24.8. The summed E-state index contributed by atoms with van der Waals surface area (Å²) in [5, 5.41) is 2.61. The van der Waals surface area contributed by atoms with Crippen molar-refractivity contribution in [2.24, 2.45) is 0 Å². The van der Waals surface area contributed by atoms with Crippen molar-refractivity contribution in [3.05, 3.63) is 34.9 Å². The van der Waals surface area contributed by atoms with Crippen molar-refractivity contribution in [1.29, 1.82) is 0 Å². The van der Waals surface area contributed by atoms with Crippen LogP contribution in [0.1, 0.15) is 29.5 Å². The zero-order valence-corrected chi connectivity index (χ0v) is 12.3. The highest BCUT2D eigenvalue weighted by Gasteiger charge is 2.34. The Labute approximate surface area is 126 Å². The number of hydrogen-bond donors (Lipinski definition) is 1. The minimum absolute atomic E-state index is 0.00706. The standard InChI is InChI=1S/C15H17F3N2O2/c1-9-10(4-3-5-11(9)15(16,17)18)8-19-14(22)12-6-7-13(21)20(12)2/h3-5,12H,6-8H2,1-2H3,(H,19,22)/t12-/m0/s1. The SMILES string of the molecule is Cc1c(CNC(=O)[C@@H]2CCC(=O)N2C)cccc1C(F)(F)F. The second-order valence-corrected chi connectivity index (χ2v) is 5.36. The van der Waals surface area contributed by atoms with Crippen LogP contribution in [-0.2, 0) is 22.3 Å². The lowest BCUT2D eigenvalue weighted by molar-refractivity contribution is -0.138. The Morgan fingerprint density at radius 1 is 1.41 bits per heavy atom. The monoisotopic (exact) mass is 314 g/mol. The number of halogens is 3. The molecular weight excluding hydrogens is 297 g/mol. The molecule has 1 aliphatic rings. The molecule has 2 rings (SSSR count). The zero-order valence-electron chi connectivity index (χ0n) is 12.3.